The summed E-state index contributed by atoms with van der Waals surface area (Å²) in [5, 5.41) is 3.41. The Morgan fingerprint density at radius 2 is 2.00 bits per heavy atom. The summed E-state index contributed by atoms with van der Waals surface area (Å²) in [4.78, 5) is 15.1. The van der Waals surface area contributed by atoms with Gasteiger partial charge in [0.2, 0.25) is 0 Å². The molecule has 0 aliphatic carbocycles. The quantitative estimate of drug-likeness (QED) is 0.177. The fraction of sp³-hybridized carbons (Fsp3) is 0.118. The number of nitrogens with zero attached hydrogens (tertiary/aromatic N) is 3. The lowest BCUT2D eigenvalue weighted by Crippen LogP contribution is -2.05. The highest BCUT2D eigenvalue weighted by atomic mass is 16.1. The van der Waals surface area contributed by atoms with Gasteiger partial charge in [-0.3, -0.25) is 4.79 Å². The van der Waals surface area contributed by atoms with Crippen molar-refractivity contribution in [2.75, 3.05) is 12.3 Å². The van der Waals surface area contributed by atoms with Gasteiger partial charge in [-0.2, -0.15) is 0 Å². The number of benzene rings is 2. The highest BCUT2D eigenvalue weighted by Crippen LogP contribution is 2.18. The number of azide groups is 1. The van der Waals surface area contributed by atoms with Crippen LogP contribution in [0, 0.1) is 11.8 Å². The number of rotatable bonds is 4. The summed E-state index contributed by atoms with van der Waals surface area (Å²) < 4.78 is 0. The van der Waals surface area contributed by atoms with Gasteiger partial charge in [0.15, 0.2) is 5.78 Å². The third-order valence-electron chi connectivity index (χ3n) is 2.97. The average Bonchev–Trinajstić information content (AvgIpc) is 2.56. The summed E-state index contributed by atoms with van der Waals surface area (Å²) in [6.45, 7) is 0.328. The van der Waals surface area contributed by atoms with Crippen LogP contribution in [0.25, 0.3) is 10.4 Å². The molecule has 5 heteroatoms. The molecule has 0 saturated heterocycles. The number of nitrogens with two attached hydrogens (primary N) is 1. The molecule has 0 unspecified atom stereocenters. The zero-order valence-corrected chi connectivity index (χ0v) is 11.9. The van der Waals surface area contributed by atoms with Crippen molar-refractivity contribution in [2.45, 2.75) is 6.42 Å². The van der Waals surface area contributed by atoms with Gasteiger partial charge >= 0.3 is 0 Å². The molecule has 108 valence electrons. The van der Waals surface area contributed by atoms with Gasteiger partial charge in [-0.1, -0.05) is 47.3 Å². The maximum Gasteiger partial charge on any atom is 0.195 e. The van der Waals surface area contributed by atoms with Crippen LogP contribution < -0.4 is 5.73 Å². The molecular weight excluding hydrogens is 276 g/mol. The Labute approximate surface area is 128 Å². The van der Waals surface area contributed by atoms with Crippen LogP contribution in [0.3, 0.4) is 0 Å². The Morgan fingerprint density at radius 3 is 2.73 bits per heavy atom. The second kappa shape index (κ2) is 7.53. The number of ketones is 1. The Bertz CT molecular complexity index is 781. The van der Waals surface area contributed by atoms with Gasteiger partial charge in [0.25, 0.3) is 0 Å². The Hall–Kier alpha value is -3.22. The molecule has 22 heavy (non-hydrogen) atoms. The summed E-state index contributed by atoms with van der Waals surface area (Å²) in [5.74, 6) is 5.70. The van der Waals surface area contributed by atoms with E-state index in [9.17, 15) is 4.79 Å². The molecule has 0 radical (unpaired) electrons. The van der Waals surface area contributed by atoms with E-state index in [-0.39, 0.29) is 5.78 Å². The van der Waals surface area contributed by atoms with E-state index in [1.807, 2.05) is 18.2 Å². The number of nitrogen functional groups attached to an aromatic ring is 1. The van der Waals surface area contributed by atoms with Crippen molar-refractivity contribution < 1.29 is 4.79 Å². The standard InChI is InChI=1S/C17H14N4O/c18-16-10-9-13(6-4-5-11-20-21-19)12-15(16)17(22)14-7-2-1-3-8-14/h1-3,7-10,12H,5,11,18H2. The van der Waals surface area contributed by atoms with Crippen LogP contribution in [0.5, 0.6) is 0 Å². The number of hydrogen-bond donors (Lipinski definition) is 1. The highest BCUT2D eigenvalue weighted by Gasteiger charge is 2.12. The van der Waals surface area contributed by atoms with E-state index in [4.69, 9.17) is 11.3 Å². The van der Waals surface area contributed by atoms with E-state index >= 15 is 0 Å². The lowest BCUT2D eigenvalue weighted by atomic mass is 10.00. The van der Waals surface area contributed by atoms with E-state index in [0.717, 1.165) is 0 Å². The van der Waals surface area contributed by atoms with Gasteiger partial charge in [-0.25, -0.2) is 0 Å². The van der Waals surface area contributed by atoms with E-state index in [0.29, 0.717) is 35.3 Å². The largest absolute Gasteiger partial charge is 0.398 e. The summed E-state index contributed by atoms with van der Waals surface area (Å²) >= 11 is 0. The number of carbonyl (C=O) groups is 1. The molecule has 0 amide bonds. The lowest BCUT2D eigenvalue weighted by molar-refractivity contribution is 0.103. The van der Waals surface area contributed by atoms with Crippen molar-refractivity contribution >= 4 is 11.5 Å². The fourth-order valence-corrected chi connectivity index (χ4v) is 1.89. The van der Waals surface area contributed by atoms with Gasteiger partial charge < -0.3 is 5.73 Å². The first kappa shape index (κ1) is 15.2. The van der Waals surface area contributed by atoms with Crippen LogP contribution in [0.4, 0.5) is 5.69 Å². The first-order valence-corrected chi connectivity index (χ1v) is 6.71. The van der Waals surface area contributed by atoms with Crippen molar-refractivity contribution in [3.05, 3.63) is 75.7 Å². The number of carbonyl (C=O) groups excluding carboxylic acids is 1. The maximum absolute atomic E-state index is 12.5. The predicted octanol–water partition coefficient (Wildman–Crippen LogP) is 3.55. The van der Waals surface area contributed by atoms with Crippen LogP contribution in [-0.4, -0.2) is 12.3 Å². The second-order valence-electron chi connectivity index (χ2n) is 4.50. The van der Waals surface area contributed by atoms with Gasteiger partial charge in [0, 0.05) is 40.3 Å². The molecule has 2 rings (SSSR count). The monoisotopic (exact) mass is 290 g/mol. The van der Waals surface area contributed by atoms with Gasteiger partial charge in [-0.15, -0.1) is 0 Å². The average molecular weight is 290 g/mol. The van der Waals surface area contributed by atoms with Crippen LogP contribution in [0.2, 0.25) is 0 Å². The van der Waals surface area contributed by atoms with Crippen molar-refractivity contribution in [1.29, 1.82) is 0 Å². The molecule has 0 saturated carbocycles. The Kier molecular flexibility index (Phi) is 5.20. The molecule has 0 heterocycles. The third kappa shape index (κ3) is 3.89. The van der Waals surface area contributed by atoms with Crippen molar-refractivity contribution in [2.24, 2.45) is 5.11 Å². The van der Waals surface area contributed by atoms with Gasteiger partial charge in [0.05, 0.1) is 0 Å². The van der Waals surface area contributed by atoms with E-state index in [1.54, 1.807) is 30.3 Å². The van der Waals surface area contributed by atoms with Crippen LogP contribution >= 0.6 is 0 Å². The third-order valence-corrected chi connectivity index (χ3v) is 2.97. The first-order chi connectivity index (χ1) is 10.7. The van der Waals surface area contributed by atoms with Crippen molar-refractivity contribution in [1.82, 2.24) is 0 Å². The fourth-order valence-electron chi connectivity index (χ4n) is 1.89. The van der Waals surface area contributed by atoms with E-state index in [2.05, 4.69) is 21.9 Å². The molecule has 0 bridgehead atoms. The summed E-state index contributed by atoms with van der Waals surface area (Å²) in [7, 11) is 0. The van der Waals surface area contributed by atoms with Crippen LogP contribution in [0.15, 0.2) is 53.6 Å². The summed E-state index contributed by atoms with van der Waals surface area (Å²) in [6, 6.07) is 14.1. The molecule has 2 N–H and O–H groups in total. The van der Waals surface area contributed by atoms with Crippen molar-refractivity contribution in [3.8, 4) is 11.8 Å². The zero-order chi connectivity index (χ0) is 15.8. The minimum Gasteiger partial charge on any atom is -0.398 e. The number of anilines is 1. The molecule has 0 aliphatic rings. The first-order valence-electron chi connectivity index (χ1n) is 6.71. The molecule has 0 aromatic heterocycles. The van der Waals surface area contributed by atoms with Crippen LogP contribution in [0.1, 0.15) is 27.9 Å². The van der Waals surface area contributed by atoms with E-state index < -0.39 is 0 Å². The molecule has 2 aromatic carbocycles. The summed E-state index contributed by atoms with van der Waals surface area (Å²) in [5.41, 5.74) is 16.2. The normalized spacial score (nSPS) is 9.27. The molecule has 0 spiro atoms. The molecule has 2 aromatic rings. The topological polar surface area (TPSA) is 91.8 Å². The minimum atomic E-state index is -0.129. The molecule has 5 nitrogen and oxygen atoms in total. The highest BCUT2D eigenvalue weighted by molar-refractivity contribution is 6.12. The summed E-state index contributed by atoms with van der Waals surface area (Å²) in [6.07, 6.45) is 0.469. The SMILES string of the molecule is [N-]=[N+]=NCCC#Cc1ccc(N)c(C(=O)c2ccccc2)c1. The van der Waals surface area contributed by atoms with Crippen molar-refractivity contribution in [3.63, 3.8) is 0 Å². The molecule has 0 atom stereocenters. The Balaban J connectivity index is 2.24. The molecular formula is C17H14N4O. The van der Waals surface area contributed by atoms with Gasteiger partial charge in [-0.05, 0) is 23.7 Å². The molecule has 0 aliphatic heterocycles. The minimum absolute atomic E-state index is 0.129. The van der Waals surface area contributed by atoms with Gasteiger partial charge in [0.1, 0.15) is 0 Å². The number of hydrogen-bond acceptors (Lipinski definition) is 3. The second-order valence-corrected chi connectivity index (χ2v) is 4.50. The smallest absolute Gasteiger partial charge is 0.195 e. The lowest BCUT2D eigenvalue weighted by Gasteiger charge is -2.05. The zero-order valence-electron chi connectivity index (χ0n) is 11.9. The Morgan fingerprint density at radius 1 is 1.23 bits per heavy atom. The van der Waals surface area contributed by atoms with E-state index in [1.165, 1.54) is 0 Å². The predicted molar refractivity (Wildman–Crippen MR) is 86.2 cm³/mol. The maximum atomic E-state index is 12.5. The van der Waals surface area contributed by atoms with Crippen LogP contribution in [-0.2, 0) is 0 Å². The molecule has 0 fully saturated rings.